The lowest BCUT2D eigenvalue weighted by Gasteiger charge is -2.17. The summed E-state index contributed by atoms with van der Waals surface area (Å²) in [6.45, 7) is 1.39. The van der Waals surface area contributed by atoms with Gasteiger partial charge in [0, 0.05) is 12.6 Å². The van der Waals surface area contributed by atoms with Crippen LogP contribution in [0.25, 0.3) is 0 Å². The Morgan fingerprint density at radius 2 is 2.00 bits per heavy atom. The topological polar surface area (TPSA) is 87.4 Å². The van der Waals surface area contributed by atoms with E-state index in [1.807, 2.05) is 0 Å². The number of halogens is 3. The van der Waals surface area contributed by atoms with Crippen LogP contribution < -0.4 is 16.4 Å². The van der Waals surface area contributed by atoms with Crippen LogP contribution in [0.15, 0.2) is 24.3 Å². The molecule has 0 aliphatic heterocycles. The van der Waals surface area contributed by atoms with Gasteiger partial charge in [-0.15, -0.1) is 0 Å². The van der Waals surface area contributed by atoms with Gasteiger partial charge < -0.3 is 21.5 Å². The largest absolute Gasteiger partial charge is 0.418 e. The van der Waals surface area contributed by atoms with Gasteiger partial charge in [0.05, 0.1) is 17.4 Å². The van der Waals surface area contributed by atoms with E-state index in [0.29, 0.717) is 0 Å². The van der Waals surface area contributed by atoms with Crippen LogP contribution in [-0.2, 0) is 6.18 Å². The van der Waals surface area contributed by atoms with E-state index >= 15 is 0 Å². The molecule has 8 heteroatoms. The number of aliphatic hydroxyl groups excluding tert-OH is 1. The van der Waals surface area contributed by atoms with Gasteiger partial charge in [-0.3, -0.25) is 0 Å². The van der Waals surface area contributed by atoms with E-state index in [4.69, 9.17) is 10.8 Å². The van der Waals surface area contributed by atoms with Crippen LogP contribution in [-0.4, -0.2) is 29.8 Å². The maximum absolute atomic E-state index is 12.7. The highest BCUT2D eigenvalue weighted by Crippen LogP contribution is 2.34. The zero-order chi connectivity index (χ0) is 15.3. The summed E-state index contributed by atoms with van der Waals surface area (Å²) in [4.78, 5) is 11.5. The van der Waals surface area contributed by atoms with Gasteiger partial charge in [0.1, 0.15) is 0 Å². The molecule has 0 fully saturated rings. The van der Waals surface area contributed by atoms with Gasteiger partial charge >= 0.3 is 12.2 Å². The minimum atomic E-state index is -4.56. The van der Waals surface area contributed by atoms with Crippen molar-refractivity contribution in [3.8, 4) is 0 Å². The third-order valence-corrected chi connectivity index (χ3v) is 2.60. The normalized spacial score (nSPS) is 14.5. The molecule has 0 aromatic heterocycles. The molecule has 2 unspecified atom stereocenters. The number of nitrogens with two attached hydrogens (primary N) is 1. The van der Waals surface area contributed by atoms with Crippen molar-refractivity contribution in [2.45, 2.75) is 25.2 Å². The fraction of sp³-hybridized carbons (Fsp3) is 0.417. The molecule has 5 N–H and O–H groups in total. The second-order valence-electron chi connectivity index (χ2n) is 4.28. The molecule has 0 saturated carbocycles. The van der Waals surface area contributed by atoms with Crippen molar-refractivity contribution < 1.29 is 23.1 Å². The lowest BCUT2D eigenvalue weighted by molar-refractivity contribution is -0.136. The van der Waals surface area contributed by atoms with Gasteiger partial charge in [-0.1, -0.05) is 12.1 Å². The van der Waals surface area contributed by atoms with Crippen LogP contribution in [0.2, 0.25) is 0 Å². The maximum Gasteiger partial charge on any atom is 0.418 e. The maximum atomic E-state index is 12.7. The van der Waals surface area contributed by atoms with Gasteiger partial charge in [0.2, 0.25) is 0 Å². The summed E-state index contributed by atoms with van der Waals surface area (Å²) in [6.07, 6.45) is -5.39. The molecule has 0 heterocycles. The molecule has 0 aliphatic carbocycles. The number of benzene rings is 1. The van der Waals surface area contributed by atoms with Gasteiger partial charge in [0.15, 0.2) is 0 Å². The average molecular weight is 291 g/mol. The number of nitrogens with one attached hydrogen (secondary N) is 2. The first-order valence-electron chi connectivity index (χ1n) is 5.86. The summed E-state index contributed by atoms with van der Waals surface area (Å²) < 4.78 is 38.1. The molecule has 1 rings (SSSR count). The van der Waals surface area contributed by atoms with Crippen molar-refractivity contribution in [2.75, 3.05) is 11.9 Å². The van der Waals surface area contributed by atoms with E-state index in [9.17, 15) is 18.0 Å². The Balaban J connectivity index is 2.67. The first kappa shape index (κ1) is 16.3. The summed E-state index contributed by atoms with van der Waals surface area (Å²) in [5.74, 6) is 0. The zero-order valence-corrected chi connectivity index (χ0v) is 10.7. The van der Waals surface area contributed by atoms with Crippen LogP contribution in [0, 0.1) is 0 Å². The zero-order valence-electron chi connectivity index (χ0n) is 10.7. The minimum Gasteiger partial charge on any atom is -0.392 e. The minimum absolute atomic E-state index is 0.0579. The van der Waals surface area contributed by atoms with E-state index < -0.39 is 29.9 Å². The third-order valence-electron chi connectivity index (χ3n) is 2.60. The highest BCUT2D eigenvalue weighted by Gasteiger charge is 2.33. The van der Waals surface area contributed by atoms with Crippen molar-refractivity contribution in [2.24, 2.45) is 5.73 Å². The number of hydrogen-bond acceptors (Lipinski definition) is 3. The molecule has 0 saturated heterocycles. The highest BCUT2D eigenvalue weighted by molar-refractivity contribution is 5.90. The smallest absolute Gasteiger partial charge is 0.392 e. The first-order valence-corrected chi connectivity index (χ1v) is 5.86. The van der Waals surface area contributed by atoms with E-state index in [-0.39, 0.29) is 12.2 Å². The lowest BCUT2D eigenvalue weighted by atomic mass is 10.1. The summed E-state index contributed by atoms with van der Waals surface area (Å²) in [7, 11) is 0. The number of alkyl halides is 3. The fourth-order valence-corrected chi connectivity index (χ4v) is 1.39. The summed E-state index contributed by atoms with van der Waals surface area (Å²) in [6, 6.07) is 3.12. The van der Waals surface area contributed by atoms with Crippen LogP contribution in [0.4, 0.5) is 23.7 Å². The van der Waals surface area contributed by atoms with Gasteiger partial charge in [-0.25, -0.2) is 4.79 Å². The number of amides is 2. The van der Waals surface area contributed by atoms with Crippen molar-refractivity contribution in [1.29, 1.82) is 0 Å². The molecule has 5 nitrogen and oxygen atoms in total. The van der Waals surface area contributed by atoms with E-state index in [1.165, 1.54) is 19.1 Å². The molecule has 20 heavy (non-hydrogen) atoms. The predicted octanol–water partition coefficient (Wildman–Crippen LogP) is 1.54. The van der Waals surface area contributed by atoms with Crippen LogP contribution >= 0.6 is 0 Å². The molecule has 0 radical (unpaired) electrons. The second kappa shape index (κ2) is 6.58. The average Bonchev–Trinajstić information content (AvgIpc) is 2.35. The van der Waals surface area contributed by atoms with Crippen LogP contribution in [0.3, 0.4) is 0 Å². The molecule has 2 atom stereocenters. The Morgan fingerprint density at radius 1 is 1.40 bits per heavy atom. The molecule has 2 amide bonds. The van der Waals surface area contributed by atoms with Gasteiger partial charge in [-0.2, -0.15) is 13.2 Å². The van der Waals surface area contributed by atoms with E-state index in [0.717, 1.165) is 12.1 Å². The number of urea groups is 1. The Morgan fingerprint density at radius 3 is 2.55 bits per heavy atom. The SMILES string of the molecule is CC(O)C(N)CNC(=O)Nc1ccccc1C(F)(F)F. The van der Waals surface area contributed by atoms with Crippen molar-refractivity contribution >= 4 is 11.7 Å². The Bertz CT molecular complexity index is 464. The Labute approximate surface area is 114 Å². The molecule has 1 aromatic carbocycles. The van der Waals surface area contributed by atoms with Crippen LogP contribution in [0.5, 0.6) is 0 Å². The van der Waals surface area contributed by atoms with Gasteiger partial charge in [0.25, 0.3) is 0 Å². The lowest BCUT2D eigenvalue weighted by Crippen LogP contribution is -2.44. The summed E-state index contributed by atoms with van der Waals surface area (Å²) in [5, 5.41) is 13.5. The van der Waals surface area contributed by atoms with Crippen molar-refractivity contribution in [3.05, 3.63) is 29.8 Å². The molecular weight excluding hydrogens is 275 g/mol. The Kier molecular flexibility index (Phi) is 5.34. The molecule has 0 bridgehead atoms. The fourth-order valence-electron chi connectivity index (χ4n) is 1.39. The number of hydrogen-bond donors (Lipinski definition) is 4. The quantitative estimate of drug-likeness (QED) is 0.678. The van der Waals surface area contributed by atoms with Crippen LogP contribution in [0.1, 0.15) is 12.5 Å². The molecule has 112 valence electrons. The van der Waals surface area contributed by atoms with Gasteiger partial charge in [-0.05, 0) is 19.1 Å². The molecule has 1 aromatic rings. The number of rotatable bonds is 4. The van der Waals surface area contributed by atoms with E-state index in [2.05, 4.69) is 10.6 Å². The molecule has 0 aliphatic rings. The van der Waals surface area contributed by atoms with Crippen molar-refractivity contribution in [3.63, 3.8) is 0 Å². The molecular formula is C12H16F3N3O2. The van der Waals surface area contributed by atoms with E-state index in [1.54, 1.807) is 0 Å². The second-order valence-corrected chi connectivity index (χ2v) is 4.28. The number of para-hydroxylation sites is 1. The van der Waals surface area contributed by atoms with Crippen molar-refractivity contribution in [1.82, 2.24) is 5.32 Å². The third kappa shape index (κ3) is 4.71. The standard InChI is InChI=1S/C12H16F3N3O2/c1-7(19)9(16)6-17-11(20)18-10-5-3-2-4-8(10)12(13,14)15/h2-5,7,9,19H,6,16H2,1H3,(H2,17,18,20). The summed E-state index contributed by atoms with van der Waals surface area (Å²) >= 11 is 0. The summed E-state index contributed by atoms with van der Waals surface area (Å²) in [5.41, 5.74) is 4.21. The number of carbonyl (C=O) groups is 1. The first-order chi connectivity index (χ1) is 9.21. The Hall–Kier alpha value is -1.80. The number of anilines is 1. The highest BCUT2D eigenvalue weighted by atomic mass is 19.4. The number of aliphatic hydroxyl groups is 1. The predicted molar refractivity (Wildman–Crippen MR) is 68.1 cm³/mol. The molecule has 0 spiro atoms. The number of carbonyl (C=O) groups excluding carboxylic acids is 1. The monoisotopic (exact) mass is 291 g/mol.